The SMILES string of the molecule is CCCCCCCCCCCN1C=CN(C)C1OP(=O)(OCCCC)OCCCC. The Hall–Kier alpha value is -0.550. The van der Waals surface area contributed by atoms with Gasteiger partial charge in [-0.3, -0.25) is 9.05 Å². The summed E-state index contributed by atoms with van der Waals surface area (Å²) in [6.45, 7) is 8.08. The van der Waals surface area contributed by atoms with Crippen LogP contribution in [0, 0.1) is 0 Å². The lowest BCUT2D eigenvalue weighted by Gasteiger charge is -2.32. The molecule has 1 atom stereocenters. The van der Waals surface area contributed by atoms with E-state index in [0.29, 0.717) is 13.2 Å². The molecule has 0 aromatic heterocycles. The predicted molar refractivity (Wildman–Crippen MR) is 125 cm³/mol. The summed E-state index contributed by atoms with van der Waals surface area (Å²) in [5, 5.41) is 0. The Morgan fingerprint density at radius 3 is 1.77 bits per heavy atom. The quantitative estimate of drug-likeness (QED) is 0.145. The first kappa shape index (κ1) is 27.5. The number of nitrogens with zero attached hydrogens (tertiary/aromatic N) is 2. The second-order valence-electron chi connectivity index (χ2n) is 8.28. The van der Waals surface area contributed by atoms with Gasteiger partial charge in [-0.2, -0.15) is 0 Å². The van der Waals surface area contributed by atoms with Crippen LogP contribution in [0.2, 0.25) is 0 Å². The summed E-state index contributed by atoms with van der Waals surface area (Å²) in [6, 6.07) is 0. The summed E-state index contributed by atoms with van der Waals surface area (Å²) >= 11 is 0. The molecule has 6 nitrogen and oxygen atoms in total. The maximum Gasteiger partial charge on any atom is 0.478 e. The van der Waals surface area contributed by atoms with Crippen molar-refractivity contribution >= 4 is 7.82 Å². The van der Waals surface area contributed by atoms with Crippen molar-refractivity contribution in [1.82, 2.24) is 9.80 Å². The van der Waals surface area contributed by atoms with Crippen LogP contribution in [0.5, 0.6) is 0 Å². The van der Waals surface area contributed by atoms with Gasteiger partial charge in [-0.1, -0.05) is 85.0 Å². The highest BCUT2D eigenvalue weighted by Crippen LogP contribution is 2.52. The van der Waals surface area contributed by atoms with Crippen LogP contribution in [0.15, 0.2) is 12.4 Å². The number of unbranched alkanes of at least 4 members (excludes halogenated alkanes) is 10. The van der Waals surface area contributed by atoms with E-state index in [2.05, 4.69) is 25.7 Å². The van der Waals surface area contributed by atoms with E-state index in [4.69, 9.17) is 13.6 Å². The van der Waals surface area contributed by atoms with Gasteiger partial charge >= 0.3 is 7.82 Å². The van der Waals surface area contributed by atoms with Crippen LogP contribution in [-0.4, -0.2) is 43.0 Å². The minimum Gasteiger partial charge on any atom is -0.337 e. The fourth-order valence-corrected chi connectivity index (χ4v) is 4.75. The lowest BCUT2D eigenvalue weighted by atomic mass is 10.1. The van der Waals surface area contributed by atoms with Crippen molar-refractivity contribution < 1.29 is 18.1 Å². The highest BCUT2D eigenvalue weighted by atomic mass is 31.2. The molecule has 0 spiro atoms. The third-order valence-corrected chi connectivity index (χ3v) is 6.81. The molecule has 0 aromatic carbocycles. The van der Waals surface area contributed by atoms with Gasteiger partial charge in [0.15, 0.2) is 0 Å². The van der Waals surface area contributed by atoms with E-state index in [9.17, 15) is 4.57 Å². The summed E-state index contributed by atoms with van der Waals surface area (Å²) < 4.78 is 30.3. The molecule has 0 amide bonds. The Labute approximate surface area is 185 Å². The maximum absolute atomic E-state index is 13.2. The van der Waals surface area contributed by atoms with Crippen molar-refractivity contribution in [3.8, 4) is 0 Å². The number of phosphoric ester groups is 1. The van der Waals surface area contributed by atoms with E-state index < -0.39 is 14.2 Å². The molecule has 7 heteroatoms. The van der Waals surface area contributed by atoms with Crippen LogP contribution in [-0.2, 0) is 18.1 Å². The Morgan fingerprint density at radius 2 is 1.23 bits per heavy atom. The van der Waals surface area contributed by atoms with Gasteiger partial charge in [0, 0.05) is 26.0 Å². The highest BCUT2D eigenvalue weighted by molar-refractivity contribution is 7.48. The number of hydrogen-bond donors (Lipinski definition) is 0. The Bertz CT molecular complexity index is 476. The van der Waals surface area contributed by atoms with Gasteiger partial charge in [0.05, 0.1) is 13.2 Å². The number of hydrogen-bond acceptors (Lipinski definition) is 6. The van der Waals surface area contributed by atoms with Crippen molar-refractivity contribution in [2.24, 2.45) is 0 Å². The average molecular weight is 447 g/mol. The summed E-state index contributed by atoms with van der Waals surface area (Å²) in [7, 11) is -1.66. The fourth-order valence-electron chi connectivity index (χ4n) is 3.35. The van der Waals surface area contributed by atoms with E-state index in [-0.39, 0.29) is 0 Å². The van der Waals surface area contributed by atoms with Gasteiger partial charge in [0.1, 0.15) is 0 Å². The predicted octanol–water partition coefficient (Wildman–Crippen LogP) is 7.28. The molecule has 1 unspecified atom stereocenters. The van der Waals surface area contributed by atoms with Crippen LogP contribution < -0.4 is 0 Å². The molecule has 0 saturated heterocycles. The Balaban J connectivity index is 2.41. The molecule has 0 radical (unpaired) electrons. The third-order valence-electron chi connectivity index (χ3n) is 5.36. The molecular formula is C23H47N2O4P. The summed E-state index contributed by atoms with van der Waals surface area (Å²) in [5.74, 6) is 0. The second kappa shape index (κ2) is 17.1. The van der Waals surface area contributed by atoms with Crippen molar-refractivity contribution in [1.29, 1.82) is 0 Å². The molecule has 1 aliphatic rings. The zero-order chi connectivity index (χ0) is 22.1. The van der Waals surface area contributed by atoms with Gasteiger partial charge in [0.2, 0.25) is 6.35 Å². The van der Waals surface area contributed by atoms with Gasteiger partial charge in [0.25, 0.3) is 0 Å². The van der Waals surface area contributed by atoms with Crippen molar-refractivity contribution in [2.75, 3.05) is 26.8 Å². The first-order valence-corrected chi connectivity index (χ1v) is 13.8. The lowest BCUT2D eigenvalue weighted by Crippen LogP contribution is -2.39. The molecular weight excluding hydrogens is 399 g/mol. The van der Waals surface area contributed by atoms with E-state index >= 15 is 0 Å². The molecule has 30 heavy (non-hydrogen) atoms. The zero-order valence-electron chi connectivity index (χ0n) is 20.0. The molecule has 0 aliphatic carbocycles. The van der Waals surface area contributed by atoms with E-state index in [0.717, 1.165) is 38.6 Å². The smallest absolute Gasteiger partial charge is 0.337 e. The zero-order valence-corrected chi connectivity index (χ0v) is 20.9. The van der Waals surface area contributed by atoms with E-state index in [1.165, 1.54) is 51.4 Å². The normalized spacial score (nSPS) is 16.7. The molecule has 0 saturated carbocycles. The van der Waals surface area contributed by atoms with Crippen molar-refractivity contribution in [2.45, 2.75) is 111 Å². The number of phosphoric acid groups is 1. The molecule has 0 N–H and O–H groups in total. The molecule has 178 valence electrons. The fraction of sp³-hybridized carbons (Fsp3) is 0.913. The standard InChI is InChI=1S/C23H47N2O4P/c1-5-8-11-12-13-14-15-16-17-18-25-20-19-24(4)23(25)29-30(26,27-21-9-6-2)28-22-10-7-3/h19-20,23H,5-18,21-22H2,1-4H3. The Kier molecular flexibility index (Phi) is 15.6. The van der Waals surface area contributed by atoms with Crippen LogP contribution in [0.4, 0.5) is 0 Å². The van der Waals surface area contributed by atoms with Gasteiger partial charge < -0.3 is 9.80 Å². The lowest BCUT2D eigenvalue weighted by molar-refractivity contribution is -0.0463. The minimum absolute atomic E-state index is 0.391. The molecule has 0 bridgehead atoms. The molecule has 1 rings (SSSR count). The molecule has 1 heterocycles. The van der Waals surface area contributed by atoms with Crippen LogP contribution >= 0.6 is 7.82 Å². The first-order chi connectivity index (χ1) is 14.6. The van der Waals surface area contributed by atoms with Gasteiger partial charge in [-0.25, -0.2) is 9.09 Å². The summed E-state index contributed by atoms with van der Waals surface area (Å²) in [5.41, 5.74) is 0. The molecule has 0 aromatic rings. The van der Waals surface area contributed by atoms with Gasteiger partial charge in [-0.15, -0.1) is 0 Å². The highest BCUT2D eigenvalue weighted by Gasteiger charge is 2.36. The average Bonchev–Trinajstić information content (AvgIpc) is 3.06. The van der Waals surface area contributed by atoms with Crippen LogP contribution in [0.3, 0.4) is 0 Å². The molecule has 0 fully saturated rings. The van der Waals surface area contributed by atoms with E-state index in [1.807, 2.05) is 24.3 Å². The van der Waals surface area contributed by atoms with Gasteiger partial charge in [-0.05, 0) is 19.3 Å². The Morgan fingerprint density at radius 1 is 0.733 bits per heavy atom. The topological polar surface area (TPSA) is 51.2 Å². The van der Waals surface area contributed by atoms with Crippen LogP contribution in [0.1, 0.15) is 104 Å². The third kappa shape index (κ3) is 11.7. The minimum atomic E-state index is -3.59. The summed E-state index contributed by atoms with van der Waals surface area (Å²) in [6.07, 6.45) is 18.9. The van der Waals surface area contributed by atoms with E-state index in [1.54, 1.807) is 0 Å². The van der Waals surface area contributed by atoms with Crippen molar-refractivity contribution in [3.05, 3.63) is 12.4 Å². The van der Waals surface area contributed by atoms with Crippen LogP contribution in [0.25, 0.3) is 0 Å². The first-order valence-electron chi connectivity index (χ1n) is 12.3. The second-order valence-corrected chi connectivity index (χ2v) is 9.90. The largest absolute Gasteiger partial charge is 0.478 e. The monoisotopic (exact) mass is 446 g/mol. The number of rotatable bonds is 20. The molecule has 1 aliphatic heterocycles. The van der Waals surface area contributed by atoms with Crippen molar-refractivity contribution in [3.63, 3.8) is 0 Å². The summed E-state index contributed by atoms with van der Waals surface area (Å²) in [4.78, 5) is 4.02. The maximum atomic E-state index is 13.2.